The van der Waals surface area contributed by atoms with Gasteiger partial charge >= 0.3 is 6.18 Å². The van der Waals surface area contributed by atoms with E-state index >= 15 is 0 Å². The summed E-state index contributed by atoms with van der Waals surface area (Å²) in [6, 6.07) is 5.05. The summed E-state index contributed by atoms with van der Waals surface area (Å²) in [5.41, 5.74) is -1.76. The zero-order valence-corrected chi connectivity index (χ0v) is 12.2. The Bertz CT molecular complexity index is 522. The topological polar surface area (TPSA) is 49.3 Å². The van der Waals surface area contributed by atoms with Crippen LogP contribution in [0.5, 0.6) is 0 Å². The Labute approximate surface area is 127 Å². The van der Waals surface area contributed by atoms with Crippen LogP contribution in [0, 0.1) is 0 Å². The van der Waals surface area contributed by atoms with Crippen LogP contribution < -0.4 is 5.32 Å². The average molecular weight is 315 g/mol. The van der Waals surface area contributed by atoms with Gasteiger partial charge in [-0.25, -0.2) is 0 Å². The number of rotatable bonds is 4. The molecule has 1 aromatic rings. The number of carbonyl (C=O) groups excluding carboxylic acids is 1. The summed E-state index contributed by atoms with van der Waals surface area (Å²) in [5.74, 6) is -0.504. The van der Waals surface area contributed by atoms with Crippen LogP contribution in [0.15, 0.2) is 24.3 Å². The molecule has 22 heavy (non-hydrogen) atoms. The SMILES string of the molecule is O=C(Cc1ccccc1C(F)(F)F)NCC1(O)CCCCC1. The summed E-state index contributed by atoms with van der Waals surface area (Å²) in [6.45, 7) is 0.0972. The minimum Gasteiger partial charge on any atom is -0.388 e. The number of hydrogen-bond acceptors (Lipinski definition) is 2. The highest BCUT2D eigenvalue weighted by Crippen LogP contribution is 2.32. The van der Waals surface area contributed by atoms with E-state index < -0.39 is 23.2 Å². The summed E-state index contributed by atoms with van der Waals surface area (Å²) >= 11 is 0. The molecule has 1 amide bonds. The molecule has 1 aromatic carbocycles. The van der Waals surface area contributed by atoms with Crippen molar-refractivity contribution in [3.8, 4) is 0 Å². The minimum absolute atomic E-state index is 0.0527. The molecule has 6 heteroatoms. The predicted molar refractivity (Wildman–Crippen MR) is 76.2 cm³/mol. The molecule has 1 aliphatic rings. The van der Waals surface area contributed by atoms with Crippen LogP contribution in [0.4, 0.5) is 13.2 Å². The Morgan fingerprint density at radius 1 is 1.18 bits per heavy atom. The van der Waals surface area contributed by atoms with Gasteiger partial charge in [0.1, 0.15) is 0 Å². The fraction of sp³-hybridized carbons (Fsp3) is 0.562. The number of amides is 1. The van der Waals surface area contributed by atoms with E-state index in [9.17, 15) is 23.1 Å². The highest BCUT2D eigenvalue weighted by atomic mass is 19.4. The first-order valence-electron chi connectivity index (χ1n) is 7.44. The Morgan fingerprint density at radius 2 is 1.82 bits per heavy atom. The van der Waals surface area contributed by atoms with Gasteiger partial charge < -0.3 is 10.4 Å². The number of aliphatic hydroxyl groups is 1. The summed E-state index contributed by atoms with van der Waals surface area (Å²) in [4.78, 5) is 11.9. The maximum absolute atomic E-state index is 12.9. The summed E-state index contributed by atoms with van der Waals surface area (Å²) in [7, 11) is 0. The van der Waals surface area contributed by atoms with E-state index in [-0.39, 0.29) is 18.5 Å². The molecule has 0 aliphatic heterocycles. The molecule has 0 atom stereocenters. The van der Waals surface area contributed by atoms with Gasteiger partial charge in [0.2, 0.25) is 5.91 Å². The van der Waals surface area contributed by atoms with Crippen molar-refractivity contribution in [2.75, 3.05) is 6.54 Å². The molecule has 1 fully saturated rings. The molecule has 1 saturated carbocycles. The van der Waals surface area contributed by atoms with Gasteiger partial charge in [0.15, 0.2) is 0 Å². The first-order valence-corrected chi connectivity index (χ1v) is 7.44. The Hall–Kier alpha value is -1.56. The quantitative estimate of drug-likeness (QED) is 0.897. The third-order valence-corrected chi connectivity index (χ3v) is 4.07. The van der Waals surface area contributed by atoms with Crippen LogP contribution in [0.25, 0.3) is 0 Å². The Balaban J connectivity index is 1.95. The number of benzene rings is 1. The molecular weight excluding hydrogens is 295 g/mol. The van der Waals surface area contributed by atoms with Crippen LogP contribution in [0.3, 0.4) is 0 Å². The van der Waals surface area contributed by atoms with Crippen LogP contribution in [-0.4, -0.2) is 23.2 Å². The van der Waals surface area contributed by atoms with Crippen molar-refractivity contribution < 1.29 is 23.1 Å². The lowest BCUT2D eigenvalue weighted by Crippen LogP contribution is -2.44. The van der Waals surface area contributed by atoms with Crippen molar-refractivity contribution in [1.82, 2.24) is 5.32 Å². The fourth-order valence-electron chi connectivity index (χ4n) is 2.84. The van der Waals surface area contributed by atoms with Gasteiger partial charge in [-0.15, -0.1) is 0 Å². The minimum atomic E-state index is -4.47. The Kier molecular flexibility index (Phi) is 5.11. The fourth-order valence-corrected chi connectivity index (χ4v) is 2.84. The van der Waals surface area contributed by atoms with Gasteiger partial charge in [0.25, 0.3) is 0 Å². The Morgan fingerprint density at radius 3 is 2.45 bits per heavy atom. The van der Waals surface area contributed by atoms with Gasteiger partial charge in [-0.1, -0.05) is 37.5 Å². The summed E-state index contributed by atoms with van der Waals surface area (Å²) in [6.07, 6.45) is -0.704. The van der Waals surface area contributed by atoms with Crippen molar-refractivity contribution in [3.63, 3.8) is 0 Å². The monoisotopic (exact) mass is 315 g/mol. The van der Waals surface area contributed by atoms with E-state index in [0.717, 1.165) is 25.3 Å². The summed E-state index contributed by atoms with van der Waals surface area (Å²) < 4.78 is 38.6. The van der Waals surface area contributed by atoms with Crippen molar-refractivity contribution in [1.29, 1.82) is 0 Å². The van der Waals surface area contributed by atoms with Crippen molar-refractivity contribution in [2.45, 2.75) is 50.3 Å². The number of alkyl halides is 3. The summed E-state index contributed by atoms with van der Waals surface area (Å²) in [5, 5.41) is 12.8. The van der Waals surface area contributed by atoms with Crippen LogP contribution in [0.2, 0.25) is 0 Å². The lowest BCUT2D eigenvalue weighted by atomic mass is 9.85. The maximum Gasteiger partial charge on any atom is 0.416 e. The molecule has 0 saturated heterocycles. The van der Waals surface area contributed by atoms with E-state index in [2.05, 4.69) is 5.32 Å². The number of carbonyl (C=O) groups is 1. The molecule has 122 valence electrons. The largest absolute Gasteiger partial charge is 0.416 e. The van der Waals surface area contributed by atoms with Crippen LogP contribution in [-0.2, 0) is 17.4 Å². The highest BCUT2D eigenvalue weighted by molar-refractivity contribution is 5.79. The number of halogens is 3. The molecule has 2 N–H and O–H groups in total. The number of hydrogen-bond donors (Lipinski definition) is 2. The smallest absolute Gasteiger partial charge is 0.388 e. The van der Waals surface area contributed by atoms with Gasteiger partial charge in [0.05, 0.1) is 17.6 Å². The van der Waals surface area contributed by atoms with Crippen molar-refractivity contribution in [3.05, 3.63) is 35.4 Å². The second kappa shape index (κ2) is 6.69. The lowest BCUT2D eigenvalue weighted by Gasteiger charge is -2.32. The van der Waals surface area contributed by atoms with Gasteiger partial charge in [-0.3, -0.25) is 4.79 Å². The lowest BCUT2D eigenvalue weighted by molar-refractivity contribution is -0.138. The average Bonchev–Trinajstić information content (AvgIpc) is 2.46. The van der Waals surface area contributed by atoms with Crippen molar-refractivity contribution in [2.24, 2.45) is 0 Å². The third kappa shape index (κ3) is 4.47. The van der Waals surface area contributed by atoms with E-state index in [1.165, 1.54) is 18.2 Å². The van der Waals surface area contributed by atoms with Gasteiger partial charge in [-0.2, -0.15) is 13.2 Å². The van der Waals surface area contributed by atoms with Gasteiger partial charge in [-0.05, 0) is 24.5 Å². The zero-order chi connectivity index (χ0) is 16.2. The number of nitrogens with one attached hydrogen (secondary N) is 1. The molecule has 0 heterocycles. The van der Waals surface area contributed by atoms with Gasteiger partial charge in [0, 0.05) is 6.54 Å². The zero-order valence-electron chi connectivity index (χ0n) is 12.2. The van der Waals surface area contributed by atoms with E-state index in [4.69, 9.17) is 0 Å². The highest BCUT2D eigenvalue weighted by Gasteiger charge is 2.34. The standard InChI is InChI=1S/C16H20F3NO2/c17-16(18,19)13-7-3-2-6-12(13)10-14(21)20-11-15(22)8-4-1-5-9-15/h2-3,6-7,22H,1,4-5,8-11H2,(H,20,21). The molecule has 2 rings (SSSR count). The first-order chi connectivity index (χ1) is 10.3. The maximum atomic E-state index is 12.9. The predicted octanol–water partition coefficient (Wildman–Crippen LogP) is 3.06. The van der Waals surface area contributed by atoms with E-state index in [1.807, 2.05) is 0 Å². The normalized spacial score (nSPS) is 18.0. The molecule has 0 unspecified atom stereocenters. The molecule has 3 nitrogen and oxygen atoms in total. The third-order valence-electron chi connectivity index (χ3n) is 4.07. The van der Waals surface area contributed by atoms with Crippen LogP contribution in [0.1, 0.15) is 43.2 Å². The molecule has 0 bridgehead atoms. The van der Waals surface area contributed by atoms with Crippen molar-refractivity contribution >= 4 is 5.91 Å². The van der Waals surface area contributed by atoms with Crippen LogP contribution >= 0.6 is 0 Å². The van der Waals surface area contributed by atoms with E-state index in [1.54, 1.807) is 0 Å². The second-order valence-electron chi connectivity index (χ2n) is 5.89. The molecular formula is C16H20F3NO2. The molecule has 0 spiro atoms. The van der Waals surface area contributed by atoms with E-state index in [0.29, 0.717) is 12.8 Å². The molecule has 0 aromatic heterocycles. The molecule has 0 radical (unpaired) electrons. The first kappa shape index (κ1) is 16.8. The second-order valence-corrected chi connectivity index (χ2v) is 5.89. The molecule has 1 aliphatic carbocycles.